The summed E-state index contributed by atoms with van der Waals surface area (Å²) in [6, 6.07) is 13.5. The highest BCUT2D eigenvalue weighted by Crippen LogP contribution is 2.26. The number of carbonyl (C=O) groups excluding carboxylic acids is 1. The number of likely N-dealkylation sites (N-methyl/N-ethyl adjacent to an activating group) is 1. The SMILES string of the molecule is CCc1ccccc1NC(=O)C[NH+](C)Cc1cc(=O)oc2cc(C)c(C(C)C)cc12. The van der Waals surface area contributed by atoms with Gasteiger partial charge in [0.05, 0.1) is 7.05 Å². The Morgan fingerprint density at radius 1 is 1.13 bits per heavy atom. The van der Waals surface area contributed by atoms with Gasteiger partial charge in [0.25, 0.3) is 5.91 Å². The van der Waals surface area contributed by atoms with Crippen molar-refractivity contribution in [2.24, 2.45) is 0 Å². The second kappa shape index (κ2) is 9.26. The van der Waals surface area contributed by atoms with Crippen LogP contribution in [-0.4, -0.2) is 19.5 Å². The van der Waals surface area contributed by atoms with E-state index in [0.717, 1.165) is 39.1 Å². The van der Waals surface area contributed by atoms with Crippen LogP contribution in [0.15, 0.2) is 51.7 Å². The molecule has 1 amide bonds. The molecule has 0 aliphatic carbocycles. The van der Waals surface area contributed by atoms with Crippen LogP contribution in [0.5, 0.6) is 0 Å². The number of anilines is 1. The number of rotatable bonds is 7. The summed E-state index contributed by atoms with van der Waals surface area (Å²) >= 11 is 0. The first-order chi connectivity index (χ1) is 14.3. The largest absolute Gasteiger partial charge is 0.423 e. The third-order valence-corrected chi connectivity index (χ3v) is 5.47. The first kappa shape index (κ1) is 21.8. The summed E-state index contributed by atoms with van der Waals surface area (Å²) in [7, 11) is 1.96. The lowest BCUT2D eigenvalue weighted by Gasteiger charge is -2.17. The summed E-state index contributed by atoms with van der Waals surface area (Å²) in [6.07, 6.45) is 0.864. The molecule has 0 aliphatic heterocycles. The van der Waals surface area contributed by atoms with Gasteiger partial charge in [0, 0.05) is 22.7 Å². The maximum atomic E-state index is 12.6. The van der Waals surface area contributed by atoms with Gasteiger partial charge in [-0.1, -0.05) is 39.0 Å². The number of benzene rings is 2. The van der Waals surface area contributed by atoms with Crippen LogP contribution in [-0.2, 0) is 17.8 Å². The Balaban J connectivity index is 1.80. The Hall–Kier alpha value is -2.92. The lowest BCUT2D eigenvalue weighted by atomic mass is 9.95. The minimum atomic E-state index is -0.358. The molecule has 1 aromatic heterocycles. The van der Waals surface area contributed by atoms with Gasteiger partial charge in [-0.25, -0.2) is 4.79 Å². The van der Waals surface area contributed by atoms with Crippen molar-refractivity contribution in [3.05, 3.63) is 75.1 Å². The summed E-state index contributed by atoms with van der Waals surface area (Å²) in [5.74, 6) is 0.336. The van der Waals surface area contributed by atoms with Gasteiger partial charge in [-0.2, -0.15) is 0 Å². The molecule has 30 heavy (non-hydrogen) atoms. The van der Waals surface area contributed by atoms with Crippen molar-refractivity contribution >= 4 is 22.6 Å². The summed E-state index contributed by atoms with van der Waals surface area (Å²) in [5.41, 5.74) is 5.49. The highest BCUT2D eigenvalue weighted by molar-refractivity contribution is 5.92. The molecule has 0 bridgehead atoms. The molecule has 2 aromatic carbocycles. The van der Waals surface area contributed by atoms with E-state index in [9.17, 15) is 9.59 Å². The van der Waals surface area contributed by atoms with Gasteiger partial charge in [0.15, 0.2) is 6.54 Å². The monoisotopic (exact) mass is 407 g/mol. The zero-order valence-corrected chi connectivity index (χ0v) is 18.5. The molecule has 1 unspecified atom stereocenters. The number of hydrogen-bond acceptors (Lipinski definition) is 3. The maximum absolute atomic E-state index is 12.6. The highest BCUT2D eigenvalue weighted by atomic mass is 16.4. The molecule has 0 spiro atoms. The van der Waals surface area contributed by atoms with Gasteiger partial charge < -0.3 is 14.6 Å². The number of aryl methyl sites for hydroxylation is 2. The number of carbonyl (C=O) groups is 1. The van der Waals surface area contributed by atoms with E-state index in [1.807, 2.05) is 44.3 Å². The van der Waals surface area contributed by atoms with E-state index >= 15 is 0 Å². The molecule has 1 heterocycles. The lowest BCUT2D eigenvalue weighted by Crippen LogP contribution is -3.08. The molecule has 0 saturated heterocycles. The molecule has 2 N–H and O–H groups in total. The van der Waals surface area contributed by atoms with Crippen molar-refractivity contribution in [1.82, 2.24) is 0 Å². The number of para-hydroxylation sites is 1. The average molecular weight is 408 g/mol. The van der Waals surface area contributed by atoms with Crippen molar-refractivity contribution in [2.75, 3.05) is 18.9 Å². The van der Waals surface area contributed by atoms with Crippen LogP contribution >= 0.6 is 0 Å². The average Bonchev–Trinajstić information content (AvgIpc) is 2.67. The topological polar surface area (TPSA) is 63.8 Å². The zero-order chi connectivity index (χ0) is 21.8. The highest BCUT2D eigenvalue weighted by Gasteiger charge is 2.16. The Kier molecular flexibility index (Phi) is 6.73. The fourth-order valence-electron chi connectivity index (χ4n) is 3.97. The lowest BCUT2D eigenvalue weighted by molar-refractivity contribution is -0.885. The molecule has 0 saturated carbocycles. The molecule has 3 aromatic rings. The van der Waals surface area contributed by atoms with E-state index in [0.29, 0.717) is 24.6 Å². The van der Waals surface area contributed by atoms with E-state index in [4.69, 9.17) is 4.42 Å². The van der Waals surface area contributed by atoms with Gasteiger partial charge in [-0.3, -0.25) is 4.79 Å². The van der Waals surface area contributed by atoms with Crippen LogP contribution in [0.1, 0.15) is 48.9 Å². The van der Waals surface area contributed by atoms with Gasteiger partial charge >= 0.3 is 5.63 Å². The van der Waals surface area contributed by atoms with Gasteiger partial charge in [-0.15, -0.1) is 0 Å². The normalized spacial score (nSPS) is 12.3. The van der Waals surface area contributed by atoms with Crippen molar-refractivity contribution in [3.63, 3.8) is 0 Å². The molecule has 1 atom stereocenters. The quantitative estimate of drug-likeness (QED) is 0.590. The van der Waals surface area contributed by atoms with Gasteiger partial charge in [0.2, 0.25) is 0 Å². The Morgan fingerprint density at radius 2 is 1.87 bits per heavy atom. The van der Waals surface area contributed by atoms with Crippen molar-refractivity contribution < 1.29 is 14.1 Å². The molecule has 5 heteroatoms. The summed E-state index contributed by atoms with van der Waals surface area (Å²) in [4.78, 5) is 25.7. The van der Waals surface area contributed by atoms with Crippen LogP contribution in [0.2, 0.25) is 0 Å². The molecular weight excluding hydrogens is 376 g/mol. The van der Waals surface area contributed by atoms with E-state index in [1.165, 1.54) is 5.56 Å². The smallest absolute Gasteiger partial charge is 0.336 e. The van der Waals surface area contributed by atoms with E-state index in [1.54, 1.807) is 6.07 Å². The number of fused-ring (bicyclic) bond motifs is 1. The van der Waals surface area contributed by atoms with Crippen LogP contribution in [0.4, 0.5) is 5.69 Å². The fourth-order valence-corrected chi connectivity index (χ4v) is 3.97. The Morgan fingerprint density at radius 3 is 2.57 bits per heavy atom. The predicted molar refractivity (Wildman–Crippen MR) is 121 cm³/mol. The van der Waals surface area contributed by atoms with E-state index < -0.39 is 0 Å². The number of hydrogen-bond donors (Lipinski definition) is 2. The van der Waals surface area contributed by atoms with Crippen molar-refractivity contribution in [1.29, 1.82) is 0 Å². The van der Waals surface area contributed by atoms with Gasteiger partial charge in [0.1, 0.15) is 12.1 Å². The number of nitrogens with one attached hydrogen (secondary N) is 2. The van der Waals surface area contributed by atoms with Crippen LogP contribution in [0, 0.1) is 6.92 Å². The summed E-state index contributed by atoms with van der Waals surface area (Å²) in [5, 5.41) is 3.96. The summed E-state index contributed by atoms with van der Waals surface area (Å²) < 4.78 is 5.44. The Bertz CT molecular complexity index is 1120. The molecule has 0 fully saturated rings. The zero-order valence-electron chi connectivity index (χ0n) is 18.5. The third kappa shape index (κ3) is 4.97. The van der Waals surface area contributed by atoms with Crippen LogP contribution in [0.25, 0.3) is 11.0 Å². The van der Waals surface area contributed by atoms with Crippen molar-refractivity contribution in [2.45, 2.75) is 46.6 Å². The van der Waals surface area contributed by atoms with Crippen molar-refractivity contribution in [3.8, 4) is 0 Å². The van der Waals surface area contributed by atoms with E-state index in [-0.39, 0.29) is 11.5 Å². The minimum absolute atomic E-state index is 0.0422. The number of amides is 1. The van der Waals surface area contributed by atoms with Gasteiger partial charge in [-0.05, 0) is 54.2 Å². The predicted octanol–water partition coefficient (Wildman–Crippen LogP) is 3.44. The minimum Gasteiger partial charge on any atom is -0.423 e. The van der Waals surface area contributed by atoms with Crippen LogP contribution < -0.4 is 15.8 Å². The molecule has 0 aliphatic rings. The maximum Gasteiger partial charge on any atom is 0.336 e. The second-order valence-electron chi connectivity index (χ2n) is 8.32. The van der Waals surface area contributed by atoms with Crippen LogP contribution in [0.3, 0.4) is 0 Å². The molecule has 0 radical (unpaired) electrons. The molecule has 158 valence electrons. The molecule has 3 rings (SSSR count). The van der Waals surface area contributed by atoms with E-state index in [2.05, 4.69) is 32.2 Å². The standard InChI is InChI=1S/C25H30N2O3/c1-6-18-9-7-8-10-22(18)26-24(28)15-27(5)14-19-12-25(29)30-23-11-17(4)20(16(2)3)13-21(19)23/h7-13,16H,6,14-15H2,1-5H3,(H,26,28)/p+1. The molecule has 5 nitrogen and oxygen atoms in total. The first-order valence-electron chi connectivity index (χ1n) is 10.5. The summed E-state index contributed by atoms with van der Waals surface area (Å²) in [6.45, 7) is 9.29. The first-order valence-corrected chi connectivity index (χ1v) is 10.5. The Labute approximate surface area is 177 Å². The second-order valence-corrected chi connectivity index (χ2v) is 8.32. The molecular formula is C25H31N2O3+. The third-order valence-electron chi connectivity index (χ3n) is 5.47. The number of quaternary nitrogens is 1. The fraction of sp³-hybridized carbons (Fsp3) is 0.360.